The van der Waals surface area contributed by atoms with Gasteiger partial charge in [0.1, 0.15) is 18.0 Å². The summed E-state index contributed by atoms with van der Waals surface area (Å²) in [5.41, 5.74) is 0.785. The molecule has 2 heterocycles. The molecule has 0 bridgehead atoms. The third-order valence-corrected chi connectivity index (χ3v) is 5.71. The van der Waals surface area contributed by atoms with Crippen LogP contribution in [0.1, 0.15) is 0 Å². The predicted octanol–water partition coefficient (Wildman–Crippen LogP) is 6.10. The number of hydrogen-bond donors (Lipinski definition) is 0. The molecule has 0 radical (unpaired) electrons. The second kappa shape index (κ2) is 7.54. The minimum Gasteiger partial charge on any atom is -0.306 e. The van der Waals surface area contributed by atoms with Gasteiger partial charge in [-0.05, 0) is 36.4 Å². The maximum absolute atomic E-state index is 13.9. The highest BCUT2D eigenvalue weighted by atomic mass is 35.5. The van der Waals surface area contributed by atoms with Crippen molar-refractivity contribution < 1.29 is 8.78 Å². The Morgan fingerprint density at radius 1 is 0.964 bits per heavy atom. The Morgan fingerprint density at radius 2 is 1.71 bits per heavy atom. The van der Waals surface area contributed by atoms with E-state index in [0.717, 1.165) is 17.8 Å². The molecule has 0 atom stereocenters. The van der Waals surface area contributed by atoms with Crippen LogP contribution in [0.15, 0.2) is 75.6 Å². The summed E-state index contributed by atoms with van der Waals surface area (Å²) in [5, 5.41) is 0.678. The number of pyridine rings is 1. The molecule has 4 aromatic rings. The maximum atomic E-state index is 13.9. The predicted molar refractivity (Wildman–Crippen MR) is 107 cm³/mol. The van der Waals surface area contributed by atoms with Gasteiger partial charge in [0, 0.05) is 27.6 Å². The molecule has 8 heteroatoms. The van der Waals surface area contributed by atoms with E-state index in [0.29, 0.717) is 26.0 Å². The summed E-state index contributed by atoms with van der Waals surface area (Å²) in [6.45, 7) is 0. The van der Waals surface area contributed by atoms with E-state index < -0.39 is 17.2 Å². The zero-order valence-corrected chi connectivity index (χ0v) is 16.3. The van der Waals surface area contributed by atoms with Crippen molar-refractivity contribution in [3.8, 4) is 11.1 Å². The average Bonchev–Trinajstić information content (AvgIpc) is 2.65. The van der Waals surface area contributed by atoms with Gasteiger partial charge in [-0.2, -0.15) is 4.98 Å². The highest BCUT2D eigenvalue weighted by molar-refractivity contribution is 7.99. The molecule has 0 saturated heterocycles. The standard InChI is InChI=1S/C20H10Cl2F2N2OS/c21-13-2-1-3-14(22)18(13)19-16-6-5-12(9-26(16)10-25-20(19)27)28-17-7-4-11(23)8-15(17)24/h1-10H. The van der Waals surface area contributed by atoms with Crippen molar-refractivity contribution in [2.45, 2.75) is 9.79 Å². The molecule has 0 spiro atoms. The van der Waals surface area contributed by atoms with Crippen molar-refractivity contribution in [1.29, 1.82) is 0 Å². The zero-order valence-electron chi connectivity index (χ0n) is 14.0. The summed E-state index contributed by atoms with van der Waals surface area (Å²) < 4.78 is 28.7. The summed E-state index contributed by atoms with van der Waals surface area (Å²) in [7, 11) is 0. The summed E-state index contributed by atoms with van der Waals surface area (Å²) in [5.74, 6) is -1.28. The third-order valence-electron chi connectivity index (χ3n) is 4.05. The lowest BCUT2D eigenvalue weighted by atomic mass is 10.1. The van der Waals surface area contributed by atoms with Crippen molar-refractivity contribution in [3.63, 3.8) is 0 Å². The highest BCUT2D eigenvalue weighted by Crippen LogP contribution is 2.36. The van der Waals surface area contributed by atoms with Crippen LogP contribution in [0.25, 0.3) is 16.6 Å². The smallest absolute Gasteiger partial charge is 0.281 e. The summed E-state index contributed by atoms with van der Waals surface area (Å²) in [4.78, 5) is 17.3. The molecule has 4 rings (SSSR count). The summed E-state index contributed by atoms with van der Waals surface area (Å²) >= 11 is 13.7. The van der Waals surface area contributed by atoms with Crippen molar-refractivity contribution in [2.24, 2.45) is 0 Å². The first kappa shape index (κ1) is 18.9. The van der Waals surface area contributed by atoms with Crippen molar-refractivity contribution in [1.82, 2.24) is 9.38 Å². The monoisotopic (exact) mass is 434 g/mol. The van der Waals surface area contributed by atoms with E-state index in [1.807, 2.05) is 0 Å². The molecule has 140 valence electrons. The Balaban J connectivity index is 1.84. The van der Waals surface area contributed by atoms with Crippen LogP contribution in [0.3, 0.4) is 0 Å². The quantitative estimate of drug-likeness (QED) is 0.390. The Morgan fingerprint density at radius 3 is 2.43 bits per heavy atom. The summed E-state index contributed by atoms with van der Waals surface area (Å²) in [6, 6.07) is 11.8. The first-order valence-electron chi connectivity index (χ1n) is 8.02. The molecular weight excluding hydrogens is 425 g/mol. The van der Waals surface area contributed by atoms with Crippen molar-refractivity contribution >= 4 is 40.5 Å². The van der Waals surface area contributed by atoms with Crippen LogP contribution in [0, 0.1) is 11.6 Å². The van der Waals surface area contributed by atoms with E-state index in [4.69, 9.17) is 23.2 Å². The first-order valence-corrected chi connectivity index (χ1v) is 9.59. The number of fused-ring (bicyclic) bond motifs is 1. The molecule has 2 aromatic heterocycles. The van der Waals surface area contributed by atoms with Gasteiger partial charge in [0.25, 0.3) is 5.56 Å². The van der Waals surface area contributed by atoms with Gasteiger partial charge in [-0.3, -0.25) is 4.79 Å². The lowest BCUT2D eigenvalue weighted by Gasteiger charge is -2.11. The normalized spacial score (nSPS) is 11.1. The molecule has 2 aromatic carbocycles. The van der Waals surface area contributed by atoms with Gasteiger partial charge in [0.15, 0.2) is 0 Å². The van der Waals surface area contributed by atoms with Crippen molar-refractivity contribution in [2.75, 3.05) is 0 Å². The fourth-order valence-corrected chi connectivity index (χ4v) is 4.25. The molecular formula is C20H10Cl2F2N2OS. The van der Waals surface area contributed by atoms with E-state index in [9.17, 15) is 13.6 Å². The van der Waals surface area contributed by atoms with Gasteiger partial charge in [-0.25, -0.2) is 8.78 Å². The highest BCUT2D eigenvalue weighted by Gasteiger charge is 2.16. The number of hydrogen-bond acceptors (Lipinski definition) is 3. The number of aromatic nitrogens is 2. The van der Waals surface area contributed by atoms with Crippen LogP contribution in [0.5, 0.6) is 0 Å². The van der Waals surface area contributed by atoms with Gasteiger partial charge in [-0.15, -0.1) is 0 Å². The summed E-state index contributed by atoms with van der Waals surface area (Å²) in [6.07, 6.45) is 3.07. The zero-order chi connectivity index (χ0) is 19.8. The van der Waals surface area contributed by atoms with Gasteiger partial charge in [-0.1, -0.05) is 41.0 Å². The number of benzene rings is 2. The Bertz CT molecular complexity index is 1260. The van der Waals surface area contributed by atoms with Crippen molar-refractivity contribution in [3.05, 3.63) is 93.1 Å². The largest absolute Gasteiger partial charge is 0.306 e. The second-order valence-electron chi connectivity index (χ2n) is 5.86. The fourth-order valence-electron chi connectivity index (χ4n) is 2.81. The van der Waals surface area contributed by atoms with E-state index in [1.165, 1.54) is 18.5 Å². The molecule has 0 aliphatic heterocycles. The Hall–Kier alpha value is -2.41. The van der Waals surface area contributed by atoms with Gasteiger partial charge in [0.05, 0.1) is 21.1 Å². The fraction of sp³-hybridized carbons (Fsp3) is 0. The number of halogens is 4. The first-order chi connectivity index (χ1) is 13.4. The van der Waals surface area contributed by atoms with E-state index >= 15 is 0 Å². The van der Waals surface area contributed by atoms with Gasteiger partial charge < -0.3 is 4.40 Å². The maximum Gasteiger partial charge on any atom is 0.281 e. The SMILES string of the molecule is O=c1ncn2cc(Sc3ccc(F)cc3F)ccc2c1-c1c(Cl)cccc1Cl. The van der Waals surface area contributed by atoms with Crippen LogP contribution in [-0.2, 0) is 0 Å². The lowest BCUT2D eigenvalue weighted by Crippen LogP contribution is -2.12. The lowest BCUT2D eigenvalue weighted by molar-refractivity contribution is 0.565. The molecule has 0 unspecified atom stereocenters. The van der Waals surface area contributed by atoms with Crippen LogP contribution >= 0.6 is 35.0 Å². The molecule has 28 heavy (non-hydrogen) atoms. The van der Waals surface area contributed by atoms with Gasteiger partial charge in [0.2, 0.25) is 0 Å². The van der Waals surface area contributed by atoms with E-state index in [-0.39, 0.29) is 10.5 Å². The molecule has 0 N–H and O–H groups in total. The van der Waals surface area contributed by atoms with Crippen LogP contribution in [-0.4, -0.2) is 9.38 Å². The number of nitrogens with zero attached hydrogens (tertiary/aromatic N) is 2. The molecule has 0 fully saturated rings. The second-order valence-corrected chi connectivity index (χ2v) is 7.79. The molecule has 0 aliphatic carbocycles. The Kier molecular flexibility index (Phi) is 5.10. The van der Waals surface area contributed by atoms with Crippen LogP contribution in [0.2, 0.25) is 10.0 Å². The van der Waals surface area contributed by atoms with Gasteiger partial charge >= 0.3 is 0 Å². The third kappa shape index (κ3) is 3.51. The van der Waals surface area contributed by atoms with E-state index in [2.05, 4.69) is 4.98 Å². The molecule has 0 saturated carbocycles. The van der Waals surface area contributed by atoms with Crippen LogP contribution in [0.4, 0.5) is 8.78 Å². The molecule has 0 amide bonds. The molecule has 3 nitrogen and oxygen atoms in total. The average molecular weight is 435 g/mol. The topological polar surface area (TPSA) is 34.4 Å². The minimum absolute atomic E-state index is 0.280. The van der Waals surface area contributed by atoms with E-state index in [1.54, 1.807) is 40.9 Å². The minimum atomic E-state index is -0.647. The number of rotatable bonds is 3. The van der Waals surface area contributed by atoms with Crippen LogP contribution < -0.4 is 5.56 Å². The Labute approximate surface area is 172 Å². The molecule has 0 aliphatic rings.